The molecule has 0 bridgehead atoms. The summed E-state index contributed by atoms with van der Waals surface area (Å²) < 4.78 is 27.4. The Kier molecular flexibility index (Phi) is 4.76. The summed E-state index contributed by atoms with van der Waals surface area (Å²) in [5, 5.41) is 20.5. The van der Waals surface area contributed by atoms with Gasteiger partial charge < -0.3 is 10.2 Å². The molecule has 4 heteroatoms. The minimum Gasteiger partial charge on any atom is -0.393 e. The zero-order valence-electron chi connectivity index (χ0n) is 11.8. The highest BCUT2D eigenvalue weighted by Gasteiger charge is 2.36. The molecule has 112 valence electrons. The SMILES string of the molecule is CCCC[C@H](O)C[C@@]1(O)CCc2c(F)ccc(F)c2C1. The molecule has 20 heavy (non-hydrogen) atoms. The summed E-state index contributed by atoms with van der Waals surface area (Å²) in [6, 6.07) is 2.24. The smallest absolute Gasteiger partial charge is 0.126 e. The van der Waals surface area contributed by atoms with Crippen molar-refractivity contribution in [3.63, 3.8) is 0 Å². The minimum absolute atomic E-state index is 0.0785. The second kappa shape index (κ2) is 6.19. The lowest BCUT2D eigenvalue weighted by Gasteiger charge is -2.35. The summed E-state index contributed by atoms with van der Waals surface area (Å²) in [6.07, 6.45) is 2.92. The van der Waals surface area contributed by atoms with Crippen LogP contribution < -0.4 is 0 Å². The molecule has 1 aliphatic carbocycles. The number of aliphatic hydroxyl groups is 2. The summed E-state index contributed by atoms with van der Waals surface area (Å²) in [6.45, 7) is 2.04. The first-order chi connectivity index (χ1) is 9.45. The lowest BCUT2D eigenvalue weighted by molar-refractivity contribution is -0.0242. The number of unbranched alkanes of at least 4 members (excludes halogenated alkanes) is 1. The molecule has 0 radical (unpaired) electrons. The van der Waals surface area contributed by atoms with Gasteiger partial charge in [-0.2, -0.15) is 0 Å². The monoisotopic (exact) mass is 284 g/mol. The maximum atomic E-state index is 13.8. The van der Waals surface area contributed by atoms with Crippen molar-refractivity contribution in [2.45, 2.75) is 63.6 Å². The first kappa shape index (κ1) is 15.4. The Labute approximate surface area is 118 Å². The molecule has 0 aliphatic heterocycles. The first-order valence-electron chi connectivity index (χ1n) is 7.31. The van der Waals surface area contributed by atoms with Crippen LogP contribution in [0.3, 0.4) is 0 Å². The molecule has 1 aliphatic rings. The van der Waals surface area contributed by atoms with Crippen LogP contribution in [-0.4, -0.2) is 21.9 Å². The van der Waals surface area contributed by atoms with E-state index in [1.54, 1.807) is 0 Å². The van der Waals surface area contributed by atoms with Gasteiger partial charge >= 0.3 is 0 Å². The van der Waals surface area contributed by atoms with E-state index in [1.807, 2.05) is 6.92 Å². The summed E-state index contributed by atoms with van der Waals surface area (Å²) in [4.78, 5) is 0. The molecule has 2 rings (SSSR count). The van der Waals surface area contributed by atoms with Crippen LogP contribution in [0.15, 0.2) is 12.1 Å². The van der Waals surface area contributed by atoms with Crippen LogP contribution in [0.2, 0.25) is 0 Å². The van der Waals surface area contributed by atoms with E-state index in [9.17, 15) is 19.0 Å². The average Bonchev–Trinajstić information content (AvgIpc) is 2.40. The fraction of sp³-hybridized carbons (Fsp3) is 0.625. The summed E-state index contributed by atoms with van der Waals surface area (Å²) in [5.74, 6) is -0.877. The topological polar surface area (TPSA) is 40.5 Å². The standard InChI is InChI=1S/C16H22F2O2/c1-2-3-4-11(19)9-16(20)8-7-12-13(10-16)15(18)6-5-14(12)17/h5-6,11,19-20H,2-4,7-10H2,1H3/t11-,16-/m0/s1. The normalized spacial score (nSPS) is 23.4. The number of benzene rings is 1. The predicted molar refractivity (Wildman–Crippen MR) is 73.5 cm³/mol. The molecule has 0 fully saturated rings. The Balaban J connectivity index is 2.11. The predicted octanol–water partition coefficient (Wildman–Crippen LogP) is 3.13. The van der Waals surface area contributed by atoms with E-state index in [2.05, 4.69) is 0 Å². The zero-order chi connectivity index (χ0) is 14.8. The number of fused-ring (bicyclic) bond motifs is 1. The molecule has 1 aromatic rings. The second-order valence-corrected chi connectivity index (χ2v) is 5.89. The summed E-state index contributed by atoms with van der Waals surface area (Å²) in [7, 11) is 0. The van der Waals surface area contributed by atoms with Crippen LogP contribution in [0.4, 0.5) is 8.78 Å². The Bertz CT molecular complexity index is 476. The van der Waals surface area contributed by atoms with Gasteiger partial charge in [0.15, 0.2) is 0 Å². The van der Waals surface area contributed by atoms with Crippen molar-refractivity contribution in [1.82, 2.24) is 0 Å². The van der Waals surface area contributed by atoms with E-state index in [1.165, 1.54) is 0 Å². The van der Waals surface area contributed by atoms with Crippen molar-refractivity contribution in [3.05, 3.63) is 34.9 Å². The minimum atomic E-state index is -1.13. The highest BCUT2D eigenvalue weighted by atomic mass is 19.1. The third-order valence-corrected chi connectivity index (χ3v) is 4.17. The van der Waals surface area contributed by atoms with Gasteiger partial charge in [0.2, 0.25) is 0 Å². The number of aliphatic hydroxyl groups excluding tert-OH is 1. The number of rotatable bonds is 5. The van der Waals surface area contributed by atoms with Crippen LogP contribution in [0.1, 0.15) is 50.2 Å². The fourth-order valence-corrected chi connectivity index (χ4v) is 3.03. The largest absolute Gasteiger partial charge is 0.393 e. The molecule has 2 N–H and O–H groups in total. The van der Waals surface area contributed by atoms with Gasteiger partial charge in [-0.25, -0.2) is 8.78 Å². The Morgan fingerprint density at radius 1 is 1.25 bits per heavy atom. The first-order valence-corrected chi connectivity index (χ1v) is 7.31. The maximum absolute atomic E-state index is 13.8. The van der Waals surface area contributed by atoms with Gasteiger partial charge in [-0.15, -0.1) is 0 Å². The van der Waals surface area contributed by atoms with E-state index in [-0.39, 0.29) is 18.4 Å². The Hall–Kier alpha value is -1.00. The van der Waals surface area contributed by atoms with Crippen LogP contribution in [0.25, 0.3) is 0 Å². The van der Waals surface area contributed by atoms with Crippen molar-refractivity contribution in [3.8, 4) is 0 Å². The molecule has 0 saturated carbocycles. The highest BCUT2D eigenvalue weighted by Crippen LogP contribution is 2.35. The maximum Gasteiger partial charge on any atom is 0.126 e. The van der Waals surface area contributed by atoms with Gasteiger partial charge in [0.25, 0.3) is 0 Å². The van der Waals surface area contributed by atoms with Gasteiger partial charge in [-0.3, -0.25) is 0 Å². The third kappa shape index (κ3) is 3.36. The van der Waals surface area contributed by atoms with E-state index in [4.69, 9.17) is 0 Å². The van der Waals surface area contributed by atoms with Crippen LogP contribution >= 0.6 is 0 Å². The molecule has 0 saturated heterocycles. The van der Waals surface area contributed by atoms with Crippen molar-refractivity contribution in [2.75, 3.05) is 0 Å². The molecule has 2 atom stereocenters. The van der Waals surface area contributed by atoms with Crippen LogP contribution in [-0.2, 0) is 12.8 Å². The number of halogens is 2. The molecule has 0 unspecified atom stereocenters. The third-order valence-electron chi connectivity index (χ3n) is 4.17. The quantitative estimate of drug-likeness (QED) is 0.872. The van der Waals surface area contributed by atoms with Crippen molar-refractivity contribution < 1.29 is 19.0 Å². The van der Waals surface area contributed by atoms with E-state index >= 15 is 0 Å². The molecular formula is C16H22F2O2. The van der Waals surface area contributed by atoms with E-state index in [0.29, 0.717) is 24.8 Å². The van der Waals surface area contributed by atoms with E-state index in [0.717, 1.165) is 25.0 Å². The average molecular weight is 284 g/mol. The van der Waals surface area contributed by atoms with Crippen molar-refractivity contribution in [2.24, 2.45) is 0 Å². The number of hydrogen-bond acceptors (Lipinski definition) is 2. The van der Waals surface area contributed by atoms with Gasteiger partial charge in [0, 0.05) is 12.8 Å². The highest BCUT2D eigenvalue weighted by molar-refractivity contribution is 5.34. The molecule has 0 heterocycles. The molecule has 0 spiro atoms. The van der Waals surface area contributed by atoms with Gasteiger partial charge in [-0.05, 0) is 42.5 Å². The molecular weight excluding hydrogens is 262 g/mol. The Morgan fingerprint density at radius 3 is 2.55 bits per heavy atom. The summed E-state index contributed by atoms with van der Waals surface area (Å²) in [5.41, 5.74) is -0.492. The molecule has 1 aromatic carbocycles. The van der Waals surface area contributed by atoms with Gasteiger partial charge in [0.1, 0.15) is 11.6 Å². The molecule has 2 nitrogen and oxygen atoms in total. The van der Waals surface area contributed by atoms with Gasteiger partial charge in [0.05, 0.1) is 11.7 Å². The van der Waals surface area contributed by atoms with Crippen LogP contribution in [0.5, 0.6) is 0 Å². The molecule has 0 amide bonds. The van der Waals surface area contributed by atoms with Crippen molar-refractivity contribution in [1.29, 1.82) is 0 Å². The van der Waals surface area contributed by atoms with Crippen molar-refractivity contribution >= 4 is 0 Å². The second-order valence-electron chi connectivity index (χ2n) is 5.89. The van der Waals surface area contributed by atoms with E-state index < -0.39 is 23.3 Å². The fourth-order valence-electron chi connectivity index (χ4n) is 3.03. The summed E-state index contributed by atoms with van der Waals surface area (Å²) >= 11 is 0. The number of hydrogen-bond donors (Lipinski definition) is 2. The molecule has 0 aromatic heterocycles. The Morgan fingerprint density at radius 2 is 1.90 bits per heavy atom. The zero-order valence-corrected chi connectivity index (χ0v) is 11.8. The van der Waals surface area contributed by atoms with Gasteiger partial charge in [-0.1, -0.05) is 19.8 Å². The lowest BCUT2D eigenvalue weighted by Crippen LogP contribution is -2.40. The lowest BCUT2D eigenvalue weighted by atomic mass is 9.76. The van der Waals surface area contributed by atoms with Crippen LogP contribution in [0, 0.1) is 11.6 Å².